The number of hydrogen-bond donors (Lipinski definition) is 2. The van der Waals surface area contributed by atoms with Crippen LogP contribution in [-0.4, -0.2) is 60.3 Å². The Kier molecular flexibility index (Phi) is 7.11. The van der Waals surface area contributed by atoms with E-state index in [2.05, 4.69) is 20.6 Å². The van der Waals surface area contributed by atoms with Crippen molar-refractivity contribution in [3.63, 3.8) is 0 Å². The minimum atomic E-state index is -1.44. The van der Waals surface area contributed by atoms with Crippen LogP contribution in [0.4, 0.5) is 5.13 Å². The van der Waals surface area contributed by atoms with Crippen molar-refractivity contribution in [3.05, 3.63) is 70.9 Å². The summed E-state index contributed by atoms with van der Waals surface area (Å²) in [6.07, 6.45) is 5.35. The van der Waals surface area contributed by atoms with E-state index in [9.17, 15) is 19.5 Å². The summed E-state index contributed by atoms with van der Waals surface area (Å²) in [6, 6.07) is 6.28. The average molecular weight is 555 g/mol. The highest BCUT2D eigenvalue weighted by Crippen LogP contribution is 2.40. The average Bonchev–Trinajstić information content (AvgIpc) is 3.52. The smallest absolute Gasteiger partial charge is 0.276 e. The van der Waals surface area contributed by atoms with Gasteiger partial charge in [-0.15, -0.1) is 23.1 Å². The van der Waals surface area contributed by atoms with E-state index in [0.717, 1.165) is 11.3 Å². The number of pyridine rings is 1. The van der Waals surface area contributed by atoms with E-state index in [0.29, 0.717) is 23.6 Å². The molecule has 0 radical (unpaired) electrons. The molecule has 2 amide bonds. The Morgan fingerprint density at radius 2 is 2.13 bits per heavy atom. The second kappa shape index (κ2) is 10.6. The molecule has 1 saturated heterocycles. The van der Waals surface area contributed by atoms with Crippen LogP contribution in [0.1, 0.15) is 11.4 Å². The number of fused-ring (bicyclic) bond motifs is 1. The van der Waals surface area contributed by atoms with Gasteiger partial charge in [-0.05, 0) is 6.07 Å². The molecule has 13 nitrogen and oxygen atoms in total. The number of oxime groups is 1. The molecule has 2 aliphatic rings. The monoisotopic (exact) mass is 554 g/mol. The van der Waals surface area contributed by atoms with Crippen LogP contribution in [0.3, 0.4) is 0 Å². The van der Waals surface area contributed by atoms with Gasteiger partial charge in [0.25, 0.3) is 11.8 Å². The predicted molar refractivity (Wildman–Crippen MR) is 135 cm³/mol. The molecule has 196 valence electrons. The van der Waals surface area contributed by atoms with Gasteiger partial charge in [0.05, 0.1) is 11.7 Å². The molecule has 5 heterocycles. The van der Waals surface area contributed by atoms with Crippen LogP contribution in [0, 0.1) is 0 Å². The number of nitrogens with one attached hydrogen (secondary N) is 1. The third kappa shape index (κ3) is 5.10. The van der Waals surface area contributed by atoms with Gasteiger partial charge in [-0.2, -0.15) is 5.10 Å². The van der Waals surface area contributed by atoms with Crippen molar-refractivity contribution < 1.29 is 28.9 Å². The van der Waals surface area contributed by atoms with E-state index in [4.69, 9.17) is 10.6 Å². The van der Waals surface area contributed by atoms with E-state index in [1.54, 1.807) is 41.8 Å². The summed E-state index contributed by atoms with van der Waals surface area (Å²) in [5.41, 5.74) is 6.73. The number of anilines is 1. The van der Waals surface area contributed by atoms with Gasteiger partial charge in [-0.25, -0.2) is 9.55 Å². The first-order valence-corrected chi connectivity index (χ1v) is 13.3. The fraction of sp³-hybridized carbons (Fsp3) is 0.261. The van der Waals surface area contributed by atoms with Crippen molar-refractivity contribution in [2.45, 2.75) is 24.6 Å². The number of amides is 2. The number of carbonyl (C=O) groups excluding carboxylic acids is 3. The van der Waals surface area contributed by atoms with Crippen LogP contribution in [0.25, 0.3) is 0 Å². The predicted octanol–water partition coefficient (Wildman–Crippen LogP) is -1.23. The molecule has 0 spiro atoms. The number of carboxylic acids is 1. The van der Waals surface area contributed by atoms with Crippen molar-refractivity contribution in [2.24, 2.45) is 12.2 Å². The van der Waals surface area contributed by atoms with Gasteiger partial charge in [0.2, 0.25) is 0 Å². The maximum Gasteiger partial charge on any atom is 0.276 e. The van der Waals surface area contributed by atoms with Gasteiger partial charge in [0, 0.05) is 42.1 Å². The topological polar surface area (TPSA) is 172 Å². The zero-order valence-electron chi connectivity index (χ0n) is 20.0. The lowest BCUT2D eigenvalue weighted by molar-refractivity contribution is -0.689. The molecule has 3 aromatic rings. The molecule has 3 aromatic heterocycles. The number of aliphatic carboxylic acids is 1. The quantitative estimate of drug-likeness (QED) is 0.142. The van der Waals surface area contributed by atoms with Crippen LogP contribution < -0.4 is 20.7 Å². The summed E-state index contributed by atoms with van der Waals surface area (Å²) < 4.78 is 3.42. The number of nitrogen functional groups attached to an aromatic ring is 1. The summed E-state index contributed by atoms with van der Waals surface area (Å²) in [6.45, 7) is 0.300. The Morgan fingerprint density at radius 1 is 1.34 bits per heavy atom. The van der Waals surface area contributed by atoms with Crippen molar-refractivity contribution in [2.75, 3.05) is 11.5 Å². The first kappa shape index (κ1) is 25.4. The lowest BCUT2D eigenvalue weighted by Crippen LogP contribution is -2.71. The summed E-state index contributed by atoms with van der Waals surface area (Å²) in [5, 5.41) is 24.0. The van der Waals surface area contributed by atoms with Gasteiger partial charge < -0.3 is 25.8 Å². The number of thiazole rings is 1. The van der Waals surface area contributed by atoms with Crippen LogP contribution in [0.2, 0.25) is 0 Å². The first-order valence-electron chi connectivity index (χ1n) is 11.3. The molecule has 15 heteroatoms. The third-order valence-corrected chi connectivity index (χ3v) is 7.81. The molecular weight excluding hydrogens is 532 g/mol. The molecule has 1 fully saturated rings. The Hall–Kier alpha value is -4.24. The number of β-lactam (4-membered cyclic amide) rings is 1. The number of aryl methyl sites for hydroxylation is 1. The molecule has 2 aliphatic heterocycles. The number of thioether (sulfide) groups is 1. The Balaban J connectivity index is 1.32. The Morgan fingerprint density at radius 3 is 2.79 bits per heavy atom. The van der Waals surface area contributed by atoms with Crippen molar-refractivity contribution in [3.8, 4) is 0 Å². The zero-order valence-corrected chi connectivity index (χ0v) is 21.6. The summed E-state index contributed by atoms with van der Waals surface area (Å²) in [4.78, 5) is 48.9. The SMILES string of the molecule is Cn1ccc(CON=C(C(=O)N[C@@H]2C(=O)N3C(C(=O)[O-])=C(C[n+]4ccccc4)CS[C@@H]23)c2csc(N)n2)n1. The van der Waals surface area contributed by atoms with Crippen LogP contribution in [-0.2, 0) is 39.4 Å². The normalized spacial score (nSPS) is 19.1. The number of carboxylic acid groups (broad SMARTS) is 1. The number of aromatic nitrogens is 4. The molecule has 2 atom stereocenters. The Labute approximate surface area is 224 Å². The summed E-state index contributed by atoms with van der Waals surface area (Å²) in [7, 11) is 1.76. The fourth-order valence-electron chi connectivity index (χ4n) is 4.07. The summed E-state index contributed by atoms with van der Waals surface area (Å²) in [5.74, 6) is -2.36. The molecular formula is C23H22N8O5S2. The Bertz CT molecular complexity index is 1450. The van der Waals surface area contributed by atoms with E-state index in [1.807, 2.05) is 22.8 Å². The van der Waals surface area contributed by atoms with Crippen molar-refractivity contribution in [1.82, 2.24) is 25.0 Å². The second-order valence-corrected chi connectivity index (χ2v) is 10.4. The molecule has 3 N–H and O–H groups in total. The van der Waals surface area contributed by atoms with Crippen molar-refractivity contribution in [1.29, 1.82) is 0 Å². The molecule has 0 aliphatic carbocycles. The largest absolute Gasteiger partial charge is 0.543 e. The minimum Gasteiger partial charge on any atom is -0.543 e. The molecule has 0 bridgehead atoms. The number of nitrogens with zero attached hydrogens (tertiary/aromatic N) is 6. The van der Waals surface area contributed by atoms with Crippen LogP contribution in [0.5, 0.6) is 0 Å². The molecule has 38 heavy (non-hydrogen) atoms. The summed E-state index contributed by atoms with van der Waals surface area (Å²) >= 11 is 2.48. The standard InChI is InChI=1S/C23H22N8O5S2/c1-29-8-5-14(27-29)10-36-28-16(15-12-38-23(24)25-15)19(32)26-17-20(33)31-18(22(34)35)13(11-37-21(17)31)9-30-6-3-2-4-7-30/h2-8,12,17,21H,9-11H2,1H3,(H3-,24,25,26,32,34,35)/t17-,21+/m1/s1. The van der Waals surface area contributed by atoms with E-state index in [-0.39, 0.29) is 28.8 Å². The highest BCUT2D eigenvalue weighted by atomic mass is 32.2. The lowest BCUT2D eigenvalue weighted by Gasteiger charge is -2.50. The number of nitrogens with two attached hydrogens (primary N) is 1. The van der Waals surface area contributed by atoms with E-state index in [1.165, 1.54) is 16.7 Å². The van der Waals surface area contributed by atoms with Gasteiger partial charge in [-0.3, -0.25) is 19.2 Å². The number of hydrogen-bond acceptors (Lipinski definition) is 11. The second-order valence-electron chi connectivity index (χ2n) is 8.41. The van der Waals surface area contributed by atoms with E-state index < -0.39 is 29.2 Å². The highest BCUT2D eigenvalue weighted by Gasteiger charge is 2.53. The van der Waals surface area contributed by atoms with Crippen molar-refractivity contribution >= 4 is 51.7 Å². The minimum absolute atomic E-state index is 0.00776. The third-order valence-electron chi connectivity index (χ3n) is 5.79. The van der Waals surface area contributed by atoms with Gasteiger partial charge in [0.1, 0.15) is 22.8 Å². The van der Waals surface area contributed by atoms with Crippen LogP contribution >= 0.6 is 23.1 Å². The number of carbonyl (C=O) groups is 3. The lowest BCUT2D eigenvalue weighted by atomic mass is 10.0. The van der Waals surface area contributed by atoms with Gasteiger partial charge in [-0.1, -0.05) is 11.2 Å². The molecule has 0 aromatic carbocycles. The highest BCUT2D eigenvalue weighted by molar-refractivity contribution is 8.00. The molecule has 0 saturated carbocycles. The zero-order chi connectivity index (χ0) is 26.8. The molecule has 0 unspecified atom stereocenters. The molecule has 5 rings (SSSR count). The maximum absolute atomic E-state index is 13.2. The van der Waals surface area contributed by atoms with Crippen LogP contribution in [0.15, 0.2) is 64.7 Å². The first-order chi connectivity index (χ1) is 18.3. The number of rotatable bonds is 9. The van der Waals surface area contributed by atoms with Gasteiger partial charge >= 0.3 is 0 Å². The fourth-order valence-corrected chi connectivity index (χ4v) is 5.95. The maximum atomic E-state index is 13.2. The van der Waals surface area contributed by atoms with Gasteiger partial charge in [0.15, 0.2) is 36.4 Å². The van der Waals surface area contributed by atoms with E-state index >= 15 is 0 Å².